The van der Waals surface area contributed by atoms with Crippen LogP contribution in [0.25, 0.3) is 16.3 Å². The molecule has 1 aliphatic heterocycles. The van der Waals surface area contributed by atoms with E-state index in [2.05, 4.69) is 11.8 Å². The Balaban J connectivity index is 1.69. The summed E-state index contributed by atoms with van der Waals surface area (Å²) in [5, 5.41) is 6.77. The average Bonchev–Trinajstić information content (AvgIpc) is 3.43. The molecule has 3 aromatic rings. The Bertz CT molecular complexity index is 926. The van der Waals surface area contributed by atoms with Crippen LogP contribution < -0.4 is 4.74 Å². The Labute approximate surface area is 169 Å². The molecule has 4 rings (SSSR count). The fourth-order valence-corrected chi connectivity index (χ4v) is 4.11. The first kappa shape index (κ1) is 18.7. The molecule has 146 valence electrons. The monoisotopic (exact) mass is 396 g/mol. The van der Waals surface area contributed by atoms with E-state index < -0.39 is 0 Å². The zero-order chi connectivity index (χ0) is 19.5. The highest BCUT2D eigenvalue weighted by molar-refractivity contribution is 7.13. The number of hydrogen-bond acceptors (Lipinski definition) is 5. The number of ether oxygens (including phenoxy) is 1. The molecular formula is C21H24N4O2S. The molecule has 1 amide bonds. The van der Waals surface area contributed by atoms with Crippen LogP contribution in [0.15, 0.2) is 47.8 Å². The molecule has 0 radical (unpaired) electrons. The van der Waals surface area contributed by atoms with Gasteiger partial charge in [0.25, 0.3) is 5.91 Å². The Morgan fingerprint density at radius 2 is 1.89 bits per heavy atom. The molecule has 2 aromatic heterocycles. The van der Waals surface area contributed by atoms with Crippen LogP contribution in [0, 0.1) is 0 Å². The normalized spacial score (nSPS) is 15.0. The summed E-state index contributed by atoms with van der Waals surface area (Å²) in [5.41, 5.74) is 2.26. The molecular weight excluding hydrogens is 372 g/mol. The number of carbonyl (C=O) groups excluding carboxylic acids is 1. The number of methoxy groups -OCH3 is 1. The molecule has 0 N–H and O–H groups in total. The lowest BCUT2D eigenvalue weighted by Crippen LogP contribution is -2.48. The Morgan fingerprint density at radius 3 is 2.50 bits per heavy atom. The van der Waals surface area contributed by atoms with Crippen molar-refractivity contribution in [2.45, 2.75) is 6.92 Å². The molecule has 6 nitrogen and oxygen atoms in total. The zero-order valence-corrected chi connectivity index (χ0v) is 17.0. The summed E-state index contributed by atoms with van der Waals surface area (Å²) in [5.74, 6) is 0.805. The number of hydrogen-bond donors (Lipinski definition) is 0. The number of rotatable bonds is 5. The zero-order valence-electron chi connectivity index (χ0n) is 16.2. The average molecular weight is 397 g/mol. The minimum absolute atomic E-state index is 0.0295. The minimum Gasteiger partial charge on any atom is -0.497 e. The molecule has 0 atom stereocenters. The molecule has 28 heavy (non-hydrogen) atoms. The van der Waals surface area contributed by atoms with Crippen molar-refractivity contribution in [1.29, 1.82) is 0 Å². The predicted molar refractivity (Wildman–Crippen MR) is 111 cm³/mol. The molecule has 1 aliphatic rings. The van der Waals surface area contributed by atoms with E-state index >= 15 is 0 Å². The lowest BCUT2D eigenvalue weighted by molar-refractivity contribution is 0.0634. The van der Waals surface area contributed by atoms with Crippen LogP contribution in [-0.2, 0) is 0 Å². The highest BCUT2D eigenvalue weighted by Gasteiger charge is 2.26. The molecule has 0 unspecified atom stereocenters. The second kappa shape index (κ2) is 8.16. The maximum absolute atomic E-state index is 13.3. The number of aromatic nitrogens is 2. The number of carbonyl (C=O) groups is 1. The summed E-state index contributed by atoms with van der Waals surface area (Å²) < 4.78 is 7.01. The van der Waals surface area contributed by atoms with Crippen LogP contribution in [0.1, 0.15) is 17.4 Å². The number of amides is 1. The van der Waals surface area contributed by atoms with Crippen LogP contribution in [0.4, 0.5) is 0 Å². The Hall–Kier alpha value is -2.64. The van der Waals surface area contributed by atoms with Gasteiger partial charge in [0.05, 0.1) is 17.7 Å². The summed E-state index contributed by atoms with van der Waals surface area (Å²) in [6, 6.07) is 13.6. The van der Waals surface area contributed by atoms with Gasteiger partial charge in [0.1, 0.15) is 17.1 Å². The quantitative estimate of drug-likeness (QED) is 0.663. The van der Waals surface area contributed by atoms with Gasteiger partial charge in [0, 0.05) is 26.2 Å². The molecule has 3 heterocycles. The summed E-state index contributed by atoms with van der Waals surface area (Å²) in [4.78, 5) is 18.7. The van der Waals surface area contributed by atoms with Crippen LogP contribution in [0.5, 0.6) is 5.75 Å². The fourth-order valence-electron chi connectivity index (χ4n) is 3.43. The van der Waals surface area contributed by atoms with Gasteiger partial charge in [0.15, 0.2) is 0 Å². The van der Waals surface area contributed by atoms with Gasteiger partial charge in [0.2, 0.25) is 0 Å². The standard InChI is InChI=1S/C21H24N4O2S/c1-3-23-10-12-24(13-11-23)21(26)19-15-18(20-5-4-14-28-20)22-25(19)16-6-8-17(27-2)9-7-16/h4-9,14-15H,3,10-13H2,1-2H3. The first-order valence-corrected chi connectivity index (χ1v) is 10.4. The molecule has 1 fully saturated rings. The van der Waals surface area contributed by atoms with E-state index in [1.165, 1.54) is 0 Å². The first-order valence-electron chi connectivity index (χ1n) is 9.49. The third-order valence-electron chi connectivity index (χ3n) is 5.13. The van der Waals surface area contributed by atoms with Gasteiger partial charge in [-0.1, -0.05) is 13.0 Å². The van der Waals surface area contributed by atoms with Crippen molar-refractivity contribution in [1.82, 2.24) is 19.6 Å². The van der Waals surface area contributed by atoms with Gasteiger partial charge in [-0.2, -0.15) is 5.10 Å². The van der Waals surface area contributed by atoms with E-state index in [9.17, 15) is 4.79 Å². The van der Waals surface area contributed by atoms with Gasteiger partial charge >= 0.3 is 0 Å². The number of nitrogens with zero attached hydrogens (tertiary/aromatic N) is 4. The van der Waals surface area contributed by atoms with Crippen molar-refractivity contribution in [2.75, 3.05) is 39.8 Å². The van der Waals surface area contributed by atoms with Gasteiger partial charge in [-0.05, 0) is 48.3 Å². The third kappa shape index (κ3) is 3.68. The van der Waals surface area contributed by atoms with Gasteiger partial charge in [-0.3, -0.25) is 4.79 Å². The lowest BCUT2D eigenvalue weighted by atomic mass is 10.2. The van der Waals surface area contributed by atoms with Crippen molar-refractivity contribution in [3.8, 4) is 22.0 Å². The predicted octanol–water partition coefficient (Wildman–Crippen LogP) is 3.39. The van der Waals surface area contributed by atoms with Crippen molar-refractivity contribution in [3.63, 3.8) is 0 Å². The first-order chi connectivity index (χ1) is 13.7. The van der Waals surface area contributed by atoms with E-state index in [0.29, 0.717) is 5.69 Å². The van der Waals surface area contributed by atoms with Crippen LogP contribution in [0.3, 0.4) is 0 Å². The highest BCUT2D eigenvalue weighted by atomic mass is 32.1. The molecule has 7 heteroatoms. The van der Waals surface area contributed by atoms with Crippen molar-refractivity contribution in [2.24, 2.45) is 0 Å². The molecule has 1 aromatic carbocycles. The van der Waals surface area contributed by atoms with Gasteiger partial charge in [-0.25, -0.2) is 4.68 Å². The smallest absolute Gasteiger partial charge is 0.272 e. The largest absolute Gasteiger partial charge is 0.497 e. The molecule has 0 aliphatic carbocycles. The minimum atomic E-state index is 0.0295. The van der Waals surface area contributed by atoms with Crippen LogP contribution in [0.2, 0.25) is 0 Å². The summed E-state index contributed by atoms with van der Waals surface area (Å²) in [6.07, 6.45) is 0. The number of piperazine rings is 1. The van der Waals surface area contributed by atoms with Crippen molar-refractivity contribution in [3.05, 3.63) is 53.5 Å². The van der Waals surface area contributed by atoms with Crippen LogP contribution >= 0.6 is 11.3 Å². The maximum atomic E-state index is 13.3. The Morgan fingerprint density at radius 1 is 1.14 bits per heavy atom. The van der Waals surface area contributed by atoms with Gasteiger partial charge in [-0.15, -0.1) is 11.3 Å². The van der Waals surface area contributed by atoms with E-state index in [4.69, 9.17) is 9.84 Å². The molecule has 0 spiro atoms. The third-order valence-corrected chi connectivity index (χ3v) is 6.02. The van der Waals surface area contributed by atoms with Crippen molar-refractivity contribution < 1.29 is 9.53 Å². The van der Waals surface area contributed by atoms with E-state index in [1.807, 2.05) is 52.7 Å². The second-order valence-electron chi connectivity index (χ2n) is 6.73. The second-order valence-corrected chi connectivity index (χ2v) is 7.68. The topological polar surface area (TPSA) is 50.6 Å². The Kier molecular flexibility index (Phi) is 5.45. The molecule has 1 saturated heterocycles. The summed E-state index contributed by atoms with van der Waals surface area (Å²) in [6.45, 7) is 6.49. The lowest BCUT2D eigenvalue weighted by Gasteiger charge is -2.34. The molecule has 0 bridgehead atoms. The number of thiophene rings is 1. The van der Waals surface area contributed by atoms with E-state index in [1.54, 1.807) is 23.1 Å². The van der Waals surface area contributed by atoms with E-state index in [0.717, 1.165) is 54.7 Å². The highest BCUT2D eigenvalue weighted by Crippen LogP contribution is 2.27. The number of benzene rings is 1. The van der Waals surface area contributed by atoms with Gasteiger partial charge < -0.3 is 14.5 Å². The number of likely N-dealkylation sites (N-methyl/N-ethyl adjacent to an activating group) is 1. The van der Waals surface area contributed by atoms with Crippen molar-refractivity contribution >= 4 is 17.2 Å². The van der Waals surface area contributed by atoms with Crippen LogP contribution in [-0.4, -0.2) is 65.3 Å². The molecule has 0 saturated carbocycles. The SMILES string of the molecule is CCN1CCN(C(=O)c2cc(-c3cccs3)nn2-c2ccc(OC)cc2)CC1. The van der Waals surface area contributed by atoms with E-state index in [-0.39, 0.29) is 5.91 Å². The summed E-state index contributed by atoms with van der Waals surface area (Å²) >= 11 is 1.62. The summed E-state index contributed by atoms with van der Waals surface area (Å²) in [7, 11) is 1.64. The maximum Gasteiger partial charge on any atom is 0.272 e. The fraction of sp³-hybridized carbons (Fsp3) is 0.333.